The molecule has 0 bridgehead atoms. The Morgan fingerprint density at radius 2 is 1.82 bits per heavy atom. The Morgan fingerprint density at radius 1 is 1.07 bits per heavy atom. The highest BCUT2D eigenvalue weighted by Gasteiger charge is 2.45. The van der Waals surface area contributed by atoms with Crippen LogP contribution in [0, 0.1) is 0 Å². The molecule has 8 nitrogen and oxygen atoms in total. The maximum Gasteiger partial charge on any atom is 0.262 e. The van der Waals surface area contributed by atoms with Crippen LogP contribution < -0.4 is 10.6 Å². The summed E-state index contributed by atoms with van der Waals surface area (Å²) in [6, 6.07) is 4.78. The zero-order valence-electron chi connectivity index (χ0n) is 15.9. The Hall–Kier alpha value is -2.58. The molecule has 1 aromatic rings. The summed E-state index contributed by atoms with van der Waals surface area (Å²) in [4.78, 5) is 52.9. The van der Waals surface area contributed by atoms with Crippen LogP contribution >= 0.6 is 0 Å². The summed E-state index contributed by atoms with van der Waals surface area (Å²) in [5, 5.41) is 5.57. The lowest BCUT2D eigenvalue weighted by atomic mass is 10.00. The van der Waals surface area contributed by atoms with Crippen LogP contribution in [0.5, 0.6) is 0 Å². The van der Waals surface area contributed by atoms with Crippen LogP contribution in [0.25, 0.3) is 0 Å². The monoisotopic (exact) mass is 384 g/mol. The quantitative estimate of drug-likeness (QED) is 0.723. The van der Waals surface area contributed by atoms with Gasteiger partial charge in [-0.05, 0) is 51.0 Å². The summed E-state index contributed by atoms with van der Waals surface area (Å²) in [6.45, 7) is 2.52. The van der Waals surface area contributed by atoms with E-state index in [1.807, 2.05) is 13.1 Å². The highest BCUT2D eigenvalue weighted by Crippen LogP contribution is 2.30. The van der Waals surface area contributed by atoms with Gasteiger partial charge in [-0.3, -0.25) is 34.3 Å². The number of nitrogens with zero attached hydrogens (tertiary/aromatic N) is 2. The van der Waals surface area contributed by atoms with Crippen molar-refractivity contribution < 1.29 is 19.2 Å². The third kappa shape index (κ3) is 3.22. The van der Waals surface area contributed by atoms with Crippen LogP contribution in [0.1, 0.15) is 52.0 Å². The fraction of sp³-hybridized carbons (Fsp3) is 0.500. The van der Waals surface area contributed by atoms with E-state index in [4.69, 9.17) is 0 Å². The van der Waals surface area contributed by atoms with E-state index in [1.54, 1.807) is 12.1 Å². The molecule has 0 saturated carbocycles. The van der Waals surface area contributed by atoms with Gasteiger partial charge in [-0.1, -0.05) is 12.1 Å². The normalized spacial score (nSPS) is 23.4. The van der Waals surface area contributed by atoms with E-state index in [2.05, 4.69) is 15.5 Å². The summed E-state index contributed by atoms with van der Waals surface area (Å²) in [5.74, 6) is -1.86. The van der Waals surface area contributed by atoms with Crippen molar-refractivity contribution in [3.63, 3.8) is 0 Å². The maximum absolute atomic E-state index is 13.1. The van der Waals surface area contributed by atoms with Gasteiger partial charge in [0.15, 0.2) is 0 Å². The first-order valence-electron chi connectivity index (χ1n) is 9.72. The molecule has 1 atom stereocenters. The van der Waals surface area contributed by atoms with Crippen LogP contribution in [0.4, 0.5) is 0 Å². The molecule has 2 N–H and O–H groups in total. The number of fused-ring (bicyclic) bond motifs is 1. The second kappa shape index (κ2) is 7.44. The lowest BCUT2D eigenvalue weighted by molar-refractivity contribution is -0.136. The molecule has 3 heterocycles. The third-order valence-electron chi connectivity index (χ3n) is 5.91. The molecular formula is C20H24N4O4. The van der Waals surface area contributed by atoms with Gasteiger partial charge in [0.1, 0.15) is 6.04 Å². The van der Waals surface area contributed by atoms with Gasteiger partial charge in [0.25, 0.3) is 11.8 Å². The van der Waals surface area contributed by atoms with Gasteiger partial charge in [-0.25, -0.2) is 0 Å². The zero-order valence-corrected chi connectivity index (χ0v) is 15.9. The number of hydrogen-bond acceptors (Lipinski definition) is 6. The van der Waals surface area contributed by atoms with Crippen molar-refractivity contribution in [3.8, 4) is 0 Å². The van der Waals surface area contributed by atoms with Gasteiger partial charge in [0, 0.05) is 19.0 Å². The number of benzene rings is 1. The summed E-state index contributed by atoms with van der Waals surface area (Å²) in [6.07, 6.45) is 2.37. The van der Waals surface area contributed by atoms with Gasteiger partial charge in [0.05, 0.1) is 11.1 Å². The molecule has 0 radical (unpaired) electrons. The van der Waals surface area contributed by atoms with Crippen molar-refractivity contribution in [1.82, 2.24) is 20.4 Å². The Kier molecular flexibility index (Phi) is 4.99. The smallest absolute Gasteiger partial charge is 0.262 e. The van der Waals surface area contributed by atoms with Gasteiger partial charge >= 0.3 is 0 Å². The molecule has 28 heavy (non-hydrogen) atoms. The fourth-order valence-corrected chi connectivity index (χ4v) is 4.36. The molecule has 2 fully saturated rings. The minimum Gasteiger partial charge on any atom is -0.317 e. The largest absolute Gasteiger partial charge is 0.317 e. The number of carbonyl (C=O) groups excluding carboxylic acids is 4. The SMILES string of the molecule is CN(Cc1cccc2c1C(=O)N(C1CCC(=O)NC1=O)C2=O)C1CCNCC1. The van der Waals surface area contributed by atoms with E-state index in [-0.39, 0.29) is 18.7 Å². The lowest BCUT2D eigenvalue weighted by Gasteiger charge is -2.32. The predicted molar refractivity (Wildman–Crippen MR) is 100 cm³/mol. The summed E-state index contributed by atoms with van der Waals surface area (Å²) in [7, 11) is 2.04. The highest BCUT2D eigenvalue weighted by atomic mass is 16.2. The van der Waals surface area contributed by atoms with E-state index in [0.29, 0.717) is 23.7 Å². The van der Waals surface area contributed by atoms with Crippen LogP contribution in [0.15, 0.2) is 18.2 Å². The molecule has 0 aliphatic carbocycles. The van der Waals surface area contributed by atoms with Crippen LogP contribution in [0.2, 0.25) is 0 Å². The van der Waals surface area contributed by atoms with Gasteiger partial charge in [-0.2, -0.15) is 0 Å². The fourth-order valence-electron chi connectivity index (χ4n) is 4.36. The first-order chi connectivity index (χ1) is 13.5. The van der Waals surface area contributed by atoms with Gasteiger partial charge < -0.3 is 5.32 Å². The van der Waals surface area contributed by atoms with Crippen molar-refractivity contribution in [2.45, 2.75) is 44.3 Å². The van der Waals surface area contributed by atoms with E-state index < -0.39 is 23.8 Å². The molecule has 4 rings (SSSR count). The first-order valence-corrected chi connectivity index (χ1v) is 9.72. The second-order valence-corrected chi connectivity index (χ2v) is 7.68. The minimum absolute atomic E-state index is 0.120. The molecule has 1 unspecified atom stereocenters. The maximum atomic E-state index is 13.1. The summed E-state index contributed by atoms with van der Waals surface area (Å²) >= 11 is 0. The van der Waals surface area contributed by atoms with Crippen LogP contribution in [-0.4, -0.2) is 65.6 Å². The molecule has 3 aliphatic rings. The average molecular weight is 384 g/mol. The lowest BCUT2D eigenvalue weighted by Crippen LogP contribution is -2.54. The topological polar surface area (TPSA) is 98.8 Å². The van der Waals surface area contributed by atoms with Crippen molar-refractivity contribution in [2.24, 2.45) is 0 Å². The molecule has 1 aromatic carbocycles. The number of nitrogens with one attached hydrogen (secondary N) is 2. The Labute approximate surface area is 163 Å². The van der Waals surface area contributed by atoms with E-state index in [0.717, 1.165) is 36.4 Å². The van der Waals surface area contributed by atoms with E-state index in [9.17, 15) is 19.2 Å². The number of hydrogen-bond donors (Lipinski definition) is 2. The highest BCUT2D eigenvalue weighted by molar-refractivity contribution is 6.24. The zero-order chi connectivity index (χ0) is 19.8. The average Bonchev–Trinajstić information content (AvgIpc) is 2.94. The van der Waals surface area contributed by atoms with Gasteiger partial charge in [-0.15, -0.1) is 0 Å². The Morgan fingerprint density at radius 3 is 2.54 bits per heavy atom. The number of rotatable bonds is 4. The first kappa shape index (κ1) is 18.8. The molecule has 0 aromatic heterocycles. The molecule has 0 spiro atoms. The standard InChI is InChI=1S/C20H24N4O4/c1-23(13-7-9-21-10-8-13)11-12-3-2-4-14-17(12)20(28)24(19(14)27)15-5-6-16(25)22-18(15)26/h2-4,13,15,21H,5-11H2,1H3,(H,22,25,26). The van der Waals surface area contributed by atoms with E-state index >= 15 is 0 Å². The number of amides is 4. The summed E-state index contributed by atoms with van der Waals surface area (Å²) < 4.78 is 0. The van der Waals surface area contributed by atoms with Crippen LogP contribution in [0.3, 0.4) is 0 Å². The van der Waals surface area contributed by atoms with Crippen LogP contribution in [-0.2, 0) is 16.1 Å². The van der Waals surface area contributed by atoms with Crippen molar-refractivity contribution >= 4 is 23.6 Å². The second-order valence-electron chi connectivity index (χ2n) is 7.68. The predicted octanol–water partition coefficient (Wildman–Crippen LogP) is 0.272. The number of piperidine rings is 2. The Bertz CT molecular complexity index is 847. The number of imide groups is 2. The molecule has 148 valence electrons. The van der Waals surface area contributed by atoms with E-state index in [1.165, 1.54) is 0 Å². The molecule has 3 aliphatic heterocycles. The van der Waals surface area contributed by atoms with Crippen molar-refractivity contribution in [2.75, 3.05) is 20.1 Å². The molecular weight excluding hydrogens is 360 g/mol. The minimum atomic E-state index is -0.930. The molecule has 8 heteroatoms. The number of carbonyl (C=O) groups is 4. The third-order valence-corrected chi connectivity index (χ3v) is 5.91. The van der Waals surface area contributed by atoms with Crippen molar-refractivity contribution in [3.05, 3.63) is 34.9 Å². The van der Waals surface area contributed by atoms with Gasteiger partial charge in [0.2, 0.25) is 11.8 Å². The Balaban J connectivity index is 1.59. The molecule has 4 amide bonds. The van der Waals surface area contributed by atoms with Crippen molar-refractivity contribution in [1.29, 1.82) is 0 Å². The summed E-state index contributed by atoms with van der Waals surface area (Å²) in [5.41, 5.74) is 1.52. The molecule has 2 saturated heterocycles.